The Kier molecular flexibility index (Phi) is 4.82. The Morgan fingerprint density at radius 1 is 1.20 bits per heavy atom. The lowest BCUT2D eigenvalue weighted by molar-refractivity contribution is 0.0189. The van der Waals surface area contributed by atoms with Crippen LogP contribution >= 0.6 is 0 Å². The molecule has 4 heteroatoms. The molecule has 0 spiro atoms. The molecule has 132 valence electrons. The number of aliphatic hydroxyl groups is 1. The number of amides is 1. The molecule has 0 aliphatic heterocycles. The molecule has 0 aromatic heterocycles. The number of benzene rings is 2. The molecule has 0 fully saturated rings. The van der Waals surface area contributed by atoms with Crippen molar-refractivity contribution < 1.29 is 14.6 Å². The Balaban J connectivity index is 1.77. The first-order chi connectivity index (χ1) is 11.9. The fraction of sp³-hybridized carbons (Fsp3) is 0.381. The normalized spacial score (nSPS) is 19.2. The zero-order valence-electron chi connectivity index (χ0n) is 15.1. The molecule has 0 radical (unpaired) electrons. The number of methoxy groups -OCH3 is 1. The number of fused-ring (bicyclic) bond motifs is 1. The third-order valence-electron chi connectivity index (χ3n) is 5.16. The van der Waals surface area contributed by atoms with Crippen LogP contribution in [0.15, 0.2) is 36.4 Å². The minimum absolute atomic E-state index is 0.155. The van der Waals surface area contributed by atoms with Gasteiger partial charge in [-0.05, 0) is 79.6 Å². The Bertz CT molecular complexity index is 800. The molecule has 25 heavy (non-hydrogen) atoms. The lowest BCUT2D eigenvalue weighted by atomic mass is 9.79. The van der Waals surface area contributed by atoms with Gasteiger partial charge in [-0.3, -0.25) is 4.79 Å². The fourth-order valence-electron chi connectivity index (χ4n) is 3.46. The van der Waals surface area contributed by atoms with Gasteiger partial charge in [-0.2, -0.15) is 0 Å². The van der Waals surface area contributed by atoms with Crippen molar-refractivity contribution in [2.45, 2.75) is 38.7 Å². The van der Waals surface area contributed by atoms with Gasteiger partial charge in [0.25, 0.3) is 5.91 Å². The van der Waals surface area contributed by atoms with Crippen LogP contribution in [0.4, 0.5) is 0 Å². The first kappa shape index (κ1) is 17.5. The highest BCUT2D eigenvalue weighted by atomic mass is 16.5. The van der Waals surface area contributed by atoms with Gasteiger partial charge in [0.2, 0.25) is 0 Å². The van der Waals surface area contributed by atoms with Crippen LogP contribution in [0.2, 0.25) is 0 Å². The summed E-state index contributed by atoms with van der Waals surface area (Å²) in [7, 11) is 1.64. The monoisotopic (exact) mass is 339 g/mol. The number of aryl methyl sites for hydroxylation is 3. The molecule has 2 aromatic rings. The van der Waals surface area contributed by atoms with Crippen molar-refractivity contribution in [1.29, 1.82) is 0 Å². The first-order valence-corrected chi connectivity index (χ1v) is 8.68. The summed E-state index contributed by atoms with van der Waals surface area (Å²) in [5, 5.41) is 14.0. The van der Waals surface area contributed by atoms with Gasteiger partial charge in [-0.25, -0.2) is 0 Å². The van der Waals surface area contributed by atoms with Crippen molar-refractivity contribution in [2.75, 3.05) is 13.7 Å². The maximum Gasteiger partial charge on any atom is 0.251 e. The number of rotatable bonds is 4. The van der Waals surface area contributed by atoms with Gasteiger partial charge in [-0.15, -0.1) is 0 Å². The summed E-state index contributed by atoms with van der Waals surface area (Å²) in [6.07, 6.45) is 2.44. The number of hydrogen-bond acceptors (Lipinski definition) is 3. The standard InChI is InChI=1S/C21H25NO3/c1-14-6-7-17(11-15(14)2)20(23)22-13-21(24)10-4-5-16-12-18(25-3)8-9-19(16)21/h6-9,11-12,24H,4-5,10,13H2,1-3H3,(H,22,23). The summed E-state index contributed by atoms with van der Waals surface area (Å²) in [5.74, 6) is 0.638. The third kappa shape index (κ3) is 3.54. The van der Waals surface area contributed by atoms with E-state index in [1.54, 1.807) is 7.11 Å². The second-order valence-electron chi connectivity index (χ2n) is 6.89. The summed E-state index contributed by atoms with van der Waals surface area (Å²) < 4.78 is 5.27. The van der Waals surface area contributed by atoms with Crippen molar-refractivity contribution in [1.82, 2.24) is 5.32 Å². The molecule has 2 aromatic carbocycles. The zero-order valence-corrected chi connectivity index (χ0v) is 15.1. The molecule has 2 N–H and O–H groups in total. The molecule has 0 heterocycles. The van der Waals surface area contributed by atoms with Gasteiger partial charge in [0, 0.05) is 5.56 Å². The molecule has 1 aliphatic carbocycles. The van der Waals surface area contributed by atoms with E-state index in [0.29, 0.717) is 12.0 Å². The van der Waals surface area contributed by atoms with Gasteiger partial charge >= 0.3 is 0 Å². The van der Waals surface area contributed by atoms with Crippen LogP contribution in [0.25, 0.3) is 0 Å². The van der Waals surface area contributed by atoms with E-state index in [2.05, 4.69) is 5.32 Å². The molecule has 1 aliphatic rings. The summed E-state index contributed by atoms with van der Waals surface area (Å²) in [4.78, 5) is 12.5. The maximum atomic E-state index is 12.5. The van der Waals surface area contributed by atoms with E-state index in [4.69, 9.17) is 4.74 Å². The van der Waals surface area contributed by atoms with Crippen molar-refractivity contribution in [3.8, 4) is 5.75 Å². The van der Waals surface area contributed by atoms with Crippen molar-refractivity contribution >= 4 is 5.91 Å². The van der Waals surface area contributed by atoms with Gasteiger partial charge in [0.15, 0.2) is 0 Å². The SMILES string of the molecule is COc1ccc2c(c1)CCCC2(O)CNC(=O)c1ccc(C)c(C)c1. The molecule has 0 saturated carbocycles. The summed E-state index contributed by atoms with van der Waals surface area (Å²) in [6, 6.07) is 11.4. The number of ether oxygens (including phenoxy) is 1. The average Bonchev–Trinajstić information content (AvgIpc) is 2.62. The maximum absolute atomic E-state index is 12.5. The number of carbonyl (C=O) groups excluding carboxylic acids is 1. The lowest BCUT2D eigenvalue weighted by Gasteiger charge is -2.35. The summed E-state index contributed by atoms with van der Waals surface area (Å²) >= 11 is 0. The van der Waals surface area contributed by atoms with Crippen molar-refractivity contribution in [2.24, 2.45) is 0 Å². The smallest absolute Gasteiger partial charge is 0.251 e. The quantitative estimate of drug-likeness (QED) is 0.899. The van der Waals surface area contributed by atoms with E-state index in [0.717, 1.165) is 40.8 Å². The van der Waals surface area contributed by atoms with Gasteiger partial charge < -0.3 is 15.2 Å². The number of carbonyl (C=O) groups is 1. The minimum atomic E-state index is -1.03. The Morgan fingerprint density at radius 3 is 2.72 bits per heavy atom. The number of hydrogen-bond donors (Lipinski definition) is 2. The van der Waals surface area contributed by atoms with Crippen molar-refractivity contribution in [3.05, 3.63) is 64.2 Å². The third-order valence-corrected chi connectivity index (χ3v) is 5.16. The predicted octanol–water partition coefficient (Wildman–Crippen LogP) is 3.27. The molecule has 3 rings (SSSR count). The van der Waals surface area contributed by atoms with Crippen LogP contribution < -0.4 is 10.1 Å². The van der Waals surface area contributed by atoms with Crippen LogP contribution in [-0.4, -0.2) is 24.7 Å². The summed E-state index contributed by atoms with van der Waals surface area (Å²) in [5.41, 5.74) is 3.81. The molecule has 1 unspecified atom stereocenters. The molecular weight excluding hydrogens is 314 g/mol. The lowest BCUT2D eigenvalue weighted by Crippen LogP contribution is -2.43. The molecule has 0 saturated heterocycles. The first-order valence-electron chi connectivity index (χ1n) is 8.68. The molecular formula is C21H25NO3. The fourth-order valence-corrected chi connectivity index (χ4v) is 3.46. The van der Waals surface area contributed by atoms with Gasteiger partial charge in [0.1, 0.15) is 11.4 Å². The second-order valence-corrected chi connectivity index (χ2v) is 6.89. The van der Waals surface area contributed by atoms with Gasteiger partial charge in [0.05, 0.1) is 13.7 Å². The molecule has 1 amide bonds. The highest BCUT2D eigenvalue weighted by molar-refractivity contribution is 5.94. The van der Waals surface area contributed by atoms with Crippen LogP contribution in [0.1, 0.15) is 45.5 Å². The van der Waals surface area contributed by atoms with E-state index >= 15 is 0 Å². The highest BCUT2D eigenvalue weighted by Crippen LogP contribution is 2.36. The molecule has 1 atom stereocenters. The van der Waals surface area contributed by atoms with E-state index in [1.165, 1.54) is 0 Å². The van der Waals surface area contributed by atoms with Crippen molar-refractivity contribution in [3.63, 3.8) is 0 Å². The Labute approximate surface area is 148 Å². The largest absolute Gasteiger partial charge is 0.497 e. The molecule has 0 bridgehead atoms. The Morgan fingerprint density at radius 2 is 2.00 bits per heavy atom. The van der Waals surface area contributed by atoms with Crippen LogP contribution in [0.5, 0.6) is 5.75 Å². The topological polar surface area (TPSA) is 58.6 Å². The van der Waals surface area contributed by atoms with Crippen LogP contribution in [0, 0.1) is 13.8 Å². The van der Waals surface area contributed by atoms with Crippen LogP contribution in [0.3, 0.4) is 0 Å². The molecule has 4 nitrogen and oxygen atoms in total. The average molecular weight is 339 g/mol. The van der Waals surface area contributed by atoms with E-state index < -0.39 is 5.60 Å². The van der Waals surface area contributed by atoms with E-state index in [-0.39, 0.29) is 12.5 Å². The predicted molar refractivity (Wildman–Crippen MR) is 98.1 cm³/mol. The van der Waals surface area contributed by atoms with Crippen LogP contribution in [-0.2, 0) is 12.0 Å². The van der Waals surface area contributed by atoms with Gasteiger partial charge in [-0.1, -0.05) is 12.1 Å². The number of nitrogens with one attached hydrogen (secondary N) is 1. The Hall–Kier alpha value is -2.33. The van der Waals surface area contributed by atoms with E-state index in [1.807, 2.05) is 50.2 Å². The highest BCUT2D eigenvalue weighted by Gasteiger charge is 2.34. The zero-order chi connectivity index (χ0) is 18.0. The van der Waals surface area contributed by atoms with E-state index in [9.17, 15) is 9.90 Å². The summed E-state index contributed by atoms with van der Waals surface area (Å²) in [6.45, 7) is 4.22. The second kappa shape index (κ2) is 6.89. The minimum Gasteiger partial charge on any atom is -0.497 e.